The Balaban J connectivity index is 2.18. The van der Waals surface area contributed by atoms with Gasteiger partial charge in [-0.05, 0) is 32.1 Å². The summed E-state index contributed by atoms with van der Waals surface area (Å²) in [5.74, 6) is 0.682. The highest BCUT2D eigenvalue weighted by molar-refractivity contribution is 5.70. The standard InChI is InChI=1S/C16H25FN2O/c1-3-8-20-16-10-15(14(18)9-13(16)17)19(4-2)11-12-6-5-7-12/h9-10,12H,3-8,11,18H2,1-2H3. The minimum absolute atomic E-state index is 0.308. The van der Waals surface area contributed by atoms with Crippen molar-refractivity contribution in [3.8, 4) is 5.75 Å². The van der Waals surface area contributed by atoms with Crippen LogP contribution in [-0.4, -0.2) is 19.7 Å². The maximum absolute atomic E-state index is 13.8. The van der Waals surface area contributed by atoms with Crippen LogP contribution in [0.1, 0.15) is 39.5 Å². The van der Waals surface area contributed by atoms with Crippen molar-refractivity contribution in [1.29, 1.82) is 0 Å². The lowest BCUT2D eigenvalue weighted by Gasteiger charge is -2.34. The van der Waals surface area contributed by atoms with Crippen LogP contribution >= 0.6 is 0 Å². The number of hydrogen-bond acceptors (Lipinski definition) is 3. The van der Waals surface area contributed by atoms with Gasteiger partial charge in [-0.2, -0.15) is 0 Å². The summed E-state index contributed by atoms with van der Waals surface area (Å²) in [7, 11) is 0. The molecule has 0 unspecified atom stereocenters. The topological polar surface area (TPSA) is 38.5 Å². The van der Waals surface area contributed by atoms with Crippen LogP contribution < -0.4 is 15.4 Å². The predicted molar refractivity (Wildman–Crippen MR) is 81.8 cm³/mol. The lowest BCUT2D eigenvalue weighted by Crippen LogP contribution is -2.33. The Morgan fingerprint density at radius 1 is 1.35 bits per heavy atom. The van der Waals surface area contributed by atoms with Gasteiger partial charge in [-0.1, -0.05) is 13.3 Å². The molecule has 0 atom stereocenters. The van der Waals surface area contributed by atoms with E-state index in [9.17, 15) is 4.39 Å². The number of nitrogens with two attached hydrogens (primary N) is 1. The second-order valence-corrected chi connectivity index (χ2v) is 5.53. The van der Waals surface area contributed by atoms with Gasteiger partial charge in [-0.25, -0.2) is 4.39 Å². The van der Waals surface area contributed by atoms with Gasteiger partial charge in [0.25, 0.3) is 0 Å². The third-order valence-corrected chi connectivity index (χ3v) is 3.97. The fraction of sp³-hybridized carbons (Fsp3) is 0.625. The summed E-state index contributed by atoms with van der Waals surface area (Å²) < 4.78 is 19.3. The molecule has 1 aliphatic rings. The Labute approximate surface area is 120 Å². The molecular formula is C16H25FN2O. The summed E-state index contributed by atoms with van der Waals surface area (Å²) in [6.07, 6.45) is 4.76. The molecule has 0 heterocycles. The minimum atomic E-state index is -0.376. The average molecular weight is 280 g/mol. The van der Waals surface area contributed by atoms with Gasteiger partial charge in [-0.15, -0.1) is 0 Å². The molecular weight excluding hydrogens is 255 g/mol. The smallest absolute Gasteiger partial charge is 0.167 e. The Morgan fingerprint density at radius 2 is 2.10 bits per heavy atom. The maximum atomic E-state index is 13.8. The van der Waals surface area contributed by atoms with Crippen LogP contribution in [0.25, 0.3) is 0 Å². The van der Waals surface area contributed by atoms with Crippen molar-refractivity contribution in [2.75, 3.05) is 30.3 Å². The molecule has 1 saturated carbocycles. The molecule has 1 aromatic carbocycles. The molecule has 1 aromatic rings. The van der Waals surface area contributed by atoms with Crippen molar-refractivity contribution < 1.29 is 9.13 Å². The molecule has 3 nitrogen and oxygen atoms in total. The van der Waals surface area contributed by atoms with E-state index in [0.29, 0.717) is 18.0 Å². The van der Waals surface area contributed by atoms with Crippen molar-refractivity contribution in [1.82, 2.24) is 0 Å². The van der Waals surface area contributed by atoms with E-state index in [2.05, 4.69) is 11.8 Å². The molecule has 0 bridgehead atoms. The zero-order chi connectivity index (χ0) is 14.5. The number of nitrogens with zero attached hydrogens (tertiary/aromatic N) is 1. The van der Waals surface area contributed by atoms with Crippen LogP contribution in [0.15, 0.2) is 12.1 Å². The summed E-state index contributed by atoms with van der Waals surface area (Å²) in [4.78, 5) is 2.23. The van der Waals surface area contributed by atoms with E-state index >= 15 is 0 Å². The zero-order valence-electron chi connectivity index (χ0n) is 12.5. The van der Waals surface area contributed by atoms with Crippen LogP contribution in [0.4, 0.5) is 15.8 Å². The molecule has 1 aliphatic carbocycles. The predicted octanol–water partition coefficient (Wildman–Crippen LogP) is 3.82. The summed E-state index contributed by atoms with van der Waals surface area (Å²) in [5, 5.41) is 0. The van der Waals surface area contributed by atoms with Crippen molar-refractivity contribution in [2.24, 2.45) is 5.92 Å². The van der Waals surface area contributed by atoms with Gasteiger partial charge in [0, 0.05) is 25.2 Å². The van der Waals surface area contributed by atoms with Crippen LogP contribution in [0.2, 0.25) is 0 Å². The first-order valence-electron chi connectivity index (χ1n) is 7.62. The Kier molecular flexibility index (Phi) is 5.10. The van der Waals surface area contributed by atoms with Gasteiger partial charge in [0.05, 0.1) is 18.0 Å². The SMILES string of the molecule is CCCOc1cc(N(CC)CC2CCC2)c(N)cc1F. The van der Waals surface area contributed by atoms with Crippen molar-refractivity contribution in [2.45, 2.75) is 39.5 Å². The summed E-state index contributed by atoms with van der Waals surface area (Å²) in [6, 6.07) is 3.13. The van der Waals surface area contributed by atoms with E-state index < -0.39 is 0 Å². The monoisotopic (exact) mass is 280 g/mol. The molecule has 0 spiro atoms. The molecule has 4 heteroatoms. The zero-order valence-corrected chi connectivity index (χ0v) is 12.5. The van der Waals surface area contributed by atoms with Crippen LogP contribution in [0.3, 0.4) is 0 Å². The Hall–Kier alpha value is -1.45. The fourth-order valence-electron chi connectivity index (χ4n) is 2.54. The molecule has 0 saturated heterocycles. The lowest BCUT2D eigenvalue weighted by atomic mass is 9.85. The highest BCUT2D eigenvalue weighted by atomic mass is 19.1. The highest BCUT2D eigenvalue weighted by Gasteiger charge is 2.22. The second-order valence-electron chi connectivity index (χ2n) is 5.53. The first-order valence-corrected chi connectivity index (χ1v) is 7.62. The third kappa shape index (κ3) is 3.35. The molecule has 2 N–H and O–H groups in total. The molecule has 0 radical (unpaired) electrons. The van der Waals surface area contributed by atoms with Gasteiger partial charge in [-0.3, -0.25) is 0 Å². The summed E-state index contributed by atoms with van der Waals surface area (Å²) in [6.45, 7) is 6.51. The van der Waals surface area contributed by atoms with E-state index in [4.69, 9.17) is 10.5 Å². The first kappa shape index (κ1) is 14.9. The summed E-state index contributed by atoms with van der Waals surface area (Å²) in [5.41, 5.74) is 7.38. The van der Waals surface area contributed by atoms with Crippen molar-refractivity contribution in [3.63, 3.8) is 0 Å². The second kappa shape index (κ2) is 6.82. The first-order chi connectivity index (χ1) is 9.65. The van der Waals surface area contributed by atoms with E-state index in [1.54, 1.807) is 6.07 Å². The summed E-state index contributed by atoms with van der Waals surface area (Å²) >= 11 is 0. The number of anilines is 2. The molecule has 0 aliphatic heterocycles. The lowest BCUT2D eigenvalue weighted by molar-refractivity contribution is 0.301. The van der Waals surface area contributed by atoms with E-state index in [1.807, 2.05) is 6.92 Å². The van der Waals surface area contributed by atoms with Crippen LogP contribution in [-0.2, 0) is 0 Å². The number of hydrogen-bond donors (Lipinski definition) is 1. The minimum Gasteiger partial charge on any atom is -0.490 e. The maximum Gasteiger partial charge on any atom is 0.167 e. The number of rotatable bonds is 7. The van der Waals surface area contributed by atoms with Gasteiger partial charge in [0.1, 0.15) is 0 Å². The number of benzene rings is 1. The molecule has 0 amide bonds. The molecule has 2 rings (SSSR count). The van der Waals surface area contributed by atoms with E-state index in [0.717, 1.165) is 31.1 Å². The number of nitrogen functional groups attached to an aromatic ring is 1. The van der Waals surface area contributed by atoms with Crippen LogP contribution in [0, 0.1) is 11.7 Å². The van der Waals surface area contributed by atoms with E-state index in [-0.39, 0.29) is 5.82 Å². The average Bonchev–Trinajstić information content (AvgIpc) is 2.38. The van der Waals surface area contributed by atoms with Gasteiger partial charge in [0.2, 0.25) is 0 Å². The third-order valence-electron chi connectivity index (χ3n) is 3.97. The molecule has 0 aromatic heterocycles. The Bertz CT molecular complexity index is 446. The fourth-order valence-corrected chi connectivity index (χ4v) is 2.54. The number of halogens is 1. The quantitative estimate of drug-likeness (QED) is 0.772. The number of ether oxygens (including phenoxy) is 1. The highest BCUT2D eigenvalue weighted by Crippen LogP contribution is 2.34. The van der Waals surface area contributed by atoms with Gasteiger partial charge in [0.15, 0.2) is 11.6 Å². The largest absolute Gasteiger partial charge is 0.490 e. The normalized spacial score (nSPS) is 14.9. The van der Waals surface area contributed by atoms with E-state index in [1.165, 1.54) is 25.3 Å². The van der Waals surface area contributed by atoms with Gasteiger partial charge < -0.3 is 15.4 Å². The molecule has 20 heavy (non-hydrogen) atoms. The van der Waals surface area contributed by atoms with Crippen LogP contribution in [0.5, 0.6) is 5.75 Å². The van der Waals surface area contributed by atoms with Crippen molar-refractivity contribution in [3.05, 3.63) is 17.9 Å². The molecule has 1 fully saturated rings. The molecule has 112 valence electrons. The van der Waals surface area contributed by atoms with Gasteiger partial charge >= 0.3 is 0 Å². The Morgan fingerprint density at radius 3 is 2.65 bits per heavy atom. The van der Waals surface area contributed by atoms with Crippen molar-refractivity contribution >= 4 is 11.4 Å².